The van der Waals surface area contributed by atoms with Gasteiger partial charge < -0.3 is 14.2 Å². The summed E-state index contributed by atoms with van der Waals surface area (Å²) in [6, 6.07) is 14.7. The number of hydrogen-bond donors (Lipinski definition) is 1. The number of fused-ring (bicyclic) bond motifs is 1. The number of rotatable bonds is 6. The van der Waals surface area contributed by atoms with Crippen molar-refractivity contribution in [3.05, 3.63) is 64.1 Å². The topological polar surface area (TPSA) is 69.2 Å². The molecule has 0 aromatic heterocycles. The van der Waals surface area contributed by atoms with Crippen LogP contribution in [-0.2, 0) is 0 Å². The van der Waals surface area contributed by atoms with Gasteiger partial charge in [0, 0.05) is 10.0 Å². The van der Waals surface area contributed by atoms with Gasteiger partial charge in [-0.1, -0.05) is 28.1 Å². The third kappa shape index (κ3) is 4.09. The highest BCUT2D eigenvalue weighted by molar-refractivity contribution is 9.10. The van der Waals surface area contributed by atoms with Crippen LogP contribution in [0.25, 0.3) is 10.8 Å². The van der Waals surface area contributed by atoms with Crippen molar-refractivity contribution in [3.63, 3.8) is 0 Å². The number of amides is 1. The quantitative estimate of drug-likeness (QED) is 0.453. The van der Waals surface area contributed by atoms with Crippen LogP contribution < -0.4 is 19.6 Å². The van der Waals surface area contributed by atoms with E-state index in [1.807, 2.05) is 30.3 Å². The van der Waals surface area contributed by atoms with E-state index in [0.29, 0.717) is 17.1 Å². The second kappa shape index (κ2) is 8.75. The Morgan fingerprint density at radius 2 is 1.68 bits per heavy atom. The summed E-state index contributed by atoms with van der Waals surface area (Å²) < 4.78 is 16.8. The Morgan fingerprint density at radius 1 is 0.964 bits per heavy atom. The number of carbonyl (C=O) groups excluding carboxylic acids is 1. The number of nitrogens with one attached hydrogen (secondary N) is 1. The van der Waals surface area contributed by atoms with Crippen molar-refractivity contribution in [2.24, 2.45) is 5.10 Å². The van der Waals surface area contributed by atoms with Gasteiger partial charge in [-0.3, -0.25) is 4.79 Å². The maximum Gasteiger partial charge on any atom is 0.275 e. The number of nitrogens with zero attached hydrogens (tertiary/aromatic N) is 1. The number of hydrazone groups is 1. The predicted molar refractivity (Wildman–Crippen MR) is 113 cm³/mol. The van der Waals surface area contributed by atoms with Gasteiger partial charge in [0.25, 0.3) is 5.91 Å². The number of hydrogen-bond acceptors (Lipinski definition) is 5. The first-order valence-corrected chi connectivity index (χ1v) is 9.18. The molecule has 0 aliphatic rings. The Balaban J connectivity index is 1.93. The standard InChI is InChI=1S/C21H19BrN2O4/c1-26-15-7-4-13-5-8-20(28-3)18(16(13)11-15)12-23-24-21(25)17-10-14(22)6-9-19(17)27-2/h4-12H,1-3H3,(H,24,25)/b23-12-. The minimum absolute atomic E-state index is 0.376. The van der Waals surface area contributed by atoms with Gasteiger partial charge >= 0.3 is 0 Å². The molecule has 28 heavy (non-hydrogen) atoms. The summed E-state index contributed by atoms with van der Waals surface area (Å²) in [5.41, 5.74) is 3.65. The Hall–Kier alpha value is -3.06. The van der Waals surface area contributed by atoms with Gasteiger partial charge in [-0.05, 0) is 47.2 Å². The van der Waals surface area contributed by atoms with E-state index in [1.165, 1.54) is 7.11 Å². The van der Waals surface area contributed by atoms with E-state index in [9.17, 15) is 4.79 Å². The smallest absolute Gasteiger partial charge is 0.275 e. The van der Waals surface area contributed by atoms with Gasteiger partial charge in [0.05, 0.1) is 33.1 Å². The van der Waals surface area contributed by atoms with E-state index in [4.69, 9.17) is 14.2 Å². The molecule has 0 atom stereocenters. The fourth-order valence-electron chi connectivity index (χ4n) is 2.81. The van der Waals surface area contributed by atoms with Crippen LogP contribution in [0.4, 0.5) is 0 Å². The molecule has 0 saturated carbocycles. The van der Waals surface area contributed by atoms with E-state index in [0.717, 1.165) is 26.6 Å². The van der Waals surface area contributed by atoms with Crippen LogP contribution in [0, 0.1) is 0 Å². The molecule has 0 unspecified atom stereocenters. The van der Waals surface area contributed by atoms with Crippen LogP contribution >= 0.6 is 15.9 Å². The number of benzene rings is 3. The van der Waals surface area contributed by atoms with Gasteiger partial charge in [0.1, 0.15) is 17.2 Å². The molecule has 0 saturated heterocycles. The van der Waals surface area contributed by atoms with Gasteiger partial charge in [-0.15, -0.1) is 0 Å². The lowest BCUT2D eigenvalue weighted by Crippen LogP contribution is -2.18. The average molecular weight is 443 g/mol. The molecule has 0 aliphatic heterocycles. The zero-order valence-corrected chi connectivity index (χ0v) is 17.2. The van der Waals surface area contributed by atoms with Crippen LogP contribution in [0.1, 0.15) is 15.9 Å². The van der Waals surface area contributed by atoms with Crippen molar-refractivity contribution in [1.82, 2.24) is 5.43 Å². The number of carbonyl (C=O) groups is 1. The zero-order valence-electron chi connectivity index (χ0n) is 15.7. The zero-order chi connectivity index (χ0) is 20.1. The molecular formula is C21H19BrN2O4. The van der Waals surface area contributed by atoms with Crippen molar-refractivity contribution < 1.29 is 19.0 Å². The average Bonchev–Trinajstić information content (AvgIpc) is 2.73. The molecular weight excluding hydrogens is 424 g/mol. The first-order valence-electron chi connectivity index (χ1n) is 8.39. The van der Waals surface area contributed by atoms with E-state index in [-0.39, 0.29) is 5.91 Å². The summed E-state index contributed by atoms with van der Waals surface area (Å²) in [6.45, 7) is 0. The molecule has 0 spiro atoms. The fraction of sp³-hybridized carbons (Fsp3) is 0.143. The monoisotopic (exact) mass is 442 g/mol. The highest BCUT2D eigenvalue weighted by atomic mass is 79.9. The van der Waals surface area contributed by atoms with Crippen molar-refractivity contribution in [2.45, 2.75) is 0 Å². The van der Waals surface area contributed by atoms with Crippen molar-refractivity contribution >= 4 is 38.8 Å². The summed E-state index contributed by atoms with van der Waals surface area (Å²) in [6.07, 6.45) is 1.56. The lowest BCUT2D eigenvalue weighted by atomic mass is 10.0. The van der Waals surface area contributed by atoms with Crippen LogP contribution in [0.2, 0.25) is 0 Å². The molecule has 3 aromatic carbocycles. The molecule has 1 N–H and O–H groups in total. The van der Waals surface area contributed by atoms with E-state index in [1.54, 1.807) is 38.6 Å². The molecule has 0 aliphatic carbocycles. The van der Waals surface area contributed by atoms with Gasteiger partial charge in [0.15, 0.2) is 0 Å². The molecule has 7 heteroatoms. The van der Waals surface area contributed by atoms with Crippen molar-refractivity contribution in [2.75, 3.05) is 21.3 Å². The third-order valence-electron chi connectivity index (χ3n) is 4.22. The maximum atomic E-state index is 12.5. The Morgan fingerprint density at radius 3 is 2.39 bits per heavy atom. The molecule has 0 bridgehead atoms. The van der Waals surface area contributed by atoms with Gasteiger partial charge in [-0.2, -0.15) is 5.10 Å². The van der Waals surface area contributed by atoms with Crippen molar-refractivity contribution in [1.29, 1.82) is 0 Å². The number of halogens is 1. The molecule has 3 aromatic rings. The molecule has 0 fully saturated rings. The lowest BCUT2D eigenvalue weighted by Gasteiger charge is -2.10. The summed E-state index contributed by atoms with van der Waals surface area (Å²) in [4.78, 5) is 12.5. The fourth-order valence-corrected chi connectivity index (χ4v) is 3.17. The van der Waals surface area contributed by atoms with Crippen LogP contribution in [0.15, 0.2) is 58.1 Å². The largest absolute Gasteiger partial charge is 0.497 e. The molecule has 0 heterocycles. The summed E-state index contributed by atoms with van der Waals surface area (Å²) in [7, 11) is 4.71. The Kier molecular flexibility index (Phi) is 6.16. The lowest BCUT2D eigenvalue weighted by molar-refractivity contribution is 0.0952. The van der Waals surface area contributed by atoms with Gasteiger partial charge in [0.2, 0.25) is 0 Å². The van der Waals surface area contributed by atoms with Crippen molar-refractivity contribution in [3.8, 4) is 17.2 Å². The Bertz CT molecular complexity index is 1040. The number of ether oxygens (including phenoxy) is 3. The normalized spacial score (nSPS) is 10.9. The summed E-state index contributed by atoms with van der Waals surface area (Å²) >= 11 is 3.36. The second-order valence-corrected chi connectivity index (χ2v) is 6.73. The second-order valence-electron chi connectivity index (χ2n) is 5.81. The van der Waals surface area contributed by atoms with Crippen LogP contribution in [0.5, 0.6) is 17.2 Å². The first kappa shape index (κ1) is 19.7. The summed E-state index contributed by atoms with van der Waals surface area (Å²) in [5, 5.41) is 6.02. The molecule has 0 radical (unpaired) electrons. The van der Waals surface area contributed by atoms with E-state index in [2.05, 4.69) is 26.5 Å². The third-order valence-corrected chi connectivity index (χ3v) is 4.71. The molecule has 144 valence electrons. The minimum atomic E-state index is -0.383. The van der Waals surface area contributed by atoms with E-state index >= 15 is 0 Å². The molecule has 1 amide bonds. The number of methoxy groups -OCH3 is 3. The summed E-state index contributed by atoms with van der Waals surface area (Å²) in [5.74, 6) is 1.44. The SMILES string of the molecule is COc1ccc2ccc(OC)c(/C=N\NC(=O)c3cc(Br)ccc3OC)c2c1. The van der Waals surface area contributed by atoms with Crippen LogP contribution in [0.3, 0.4) is 0 Å². The van der Waals surface area contributed by atoms with Gasteiger partial charge in [-0.25, -0.2) is 5.43 Å². The highest BCUT2D eigenvalue weighted by Crippen LogP contribution is 2.29. The Labute approximate surface area is 171 Å². The highest BCUT2D eigenvalue weighted by Gasteiger charge is 2.13. The molecule has 6 nitrogen and oxygen atoms in total. The predicted octanol–water partition coefficient (Wildman–Crippen LogP) is 4.39. The first-order chi connectivity index (χ1) is 13.6. The maximum absolute atomic E-state index is 12.5. The minimum Gasteiger partial charge on any atom is -0.497 e. The molecule has 3 rings (SSSR count). The van der Waals surface area contributed by atoms with E-state index < -0.39 is 0 Å². The van der Waals surface area contributed by atoms with Crippen LogP contribution in [-0.4, -0.2) is 33.5 Å².